The fraction of sp³-hybridized carbons (Fsp3) is 0.125. The van der Waals surface area contributed by atoms with Gasteiger partial charge in [-0.05, 0) is 6.07 Å². The lowest BCUT2D eigenvalue weighted by Gasteiger charge is -2.04. The van der Waals surface area contributed by atoms with Crippen LogP contribution in [0.1, 0.15) is 26.3 Å². The Hall–Kier alpha value is -2.50. The molecule has 0 aliphatic heterocycles. The van der Waals surface area contributed by atoms with Gasteiger partial charge in [-0.25, -0.2) is 4.79 Å². The van der Waals surface area contributed by atoms with Crippen molar-refractivity contribution in [2.24, 2.45) is 0 Å². The van der Waals surface area contributed by atoms with E-state index in [0.29, 0.717) is 5.56 Å². The van der Waals surface area contributed by atoms with Gasteiger partial charge in [0.1, 0.15) is 0 Å². The molecular weight excluding hydrogens is 270 g/mol. The molecule has 0 aromatic heterocycles. The molecule has 2 N–H and O–H groups in total. The largest absolute Gasteiger partial charge is 0.478 e. The maximum Gasteiger partial charge on any atom is 0.336 e. The number of hydrogen-bond acceptors (Lipinski definition) is 4. The van der Waals surface area contributed by atoms with E-state index in [1.807, 2.05) is 0 Å². The summed E-state index contributed by atoms with van der Waals surface area (Å²) in [4.78, 5) is 23.1. The number of aromatic carboxylic acids is 1. The summed E-state index contributed by atoms with van der Waals surface area (Å²) in [5, 5.41) is 17.9. The van der Waals surface area contributed by atoms with Crippen molar-refractivity contribution in [3.8, 4) is 0 Å². The summed E-state index contributed by atoms with van der Waals surface area (Å²) in [6.07, 6.45) is 0. The topological polar surface area (TPSA) is 77.8 Å². The zero-order valence-electron chi connectivity index (χ0n) is 11.9. The van der Waals surface area contributed by atoms with Crippen LogP contribution in [0.25, 0.3) is 0 Å². The van der Waals surface area contributed by atoms with Crippen molar-refractivity contribution in [1.82, 2.24) is 5.06 Å². The number of nitrogens with zero attached hydrogens (tertiary/aromatic N) is 1. The molecule has 0 atom stereocenters. The van der Waals surface area contributed by atoms with E-state index in [9.17, 15) is 9.59 Å². The van der Waals surface area contributed by atoms with Crippen molar-refractivity contribution in [2.45, 2.75) is 0 Å². The molecule has 0 unspecified atom stereocenters. The Morgan fingerprint density at radius 2 is 1.29 bits per heavy atom. The van der Waals surface area contributed by atoms with Crippen LogP contribution >= 0.6 is 0 Å². The highest BCUT2D eigenvalue weighted by Gasteiger charge is 2.16. The van der Waals surface area contributed by atoms with Gasteiger partial charge in [0.15, 0.2) is 5.78 Å². The Kier molecular flexibility index (Phi) is 6.26. The van der Waals surface area contributed by atoms with Crippen LogP contribution in [0.15, 0.2) is 54.6 Å². The van der Waals surface area contributed by atoms with Gasteiger partial charge in [-0.1, -0.05) is 48.5 Å². The fourth-order valence-corrected chi connectivity index (χ4v) is 1.61. The molecular formula is C16H17NO4. The van der Waals surface area contributed by atoms with Crippen molar-refractivity contribution >= 4 is 11.8 Å². The molecule has 5 heteroatoms. The Morgan fingerprint density at radius 3 is 1.76 bits per heavy atom. The number of benzene rings is 2. The summed E-state index contributed by atoms with van der Waals surface area (Å²) in [6.45, 7) is 0. The van der Waals surface area contributed by atoms with E-state index in [2.05, 4.69) is 0 Å². The van der Waals surface area contributed by atoms with Gasteiger partial charge in [0.25, 0.3) is 0 Å². The van der Waals surface area contributed by atoms with E-state index in [1.165, 1.54) is 12.1 Å². The molecule has 0 radical (unpaired) electrons. The summed E-state index contributed by atoms with van der Waals surface area (Å²) in [5.41, 5.74) is 0.730. The Labute approximate surface area is 123 Å². The monoisotopic (exact) mass is 287 g/mol. The predicted molar refractivity (Wildman–Crippen MR) is 78.7 cm³/mol. The van der Waals surface area contributed by atoms with E-state index in [-0.39, 0.29) is 16.9 Å². The molecule has 2 rings (SSSR count). The molecule has 0 fully saturated rings. The zero-order valence-corrected chi connectivity index (χ0v) is 11.9. The summed E-state index contributed by atoms with van der Waals surface area (Å²) < 4.78 is 0. The lowest BCUT2D eigenvalue weighted by atomic mass is 9.98. The van der Waals surface area contributed by atoms with Gasteiger partial charge >= 0.3 is 5.97 Å². The number of carboxylic acid groups (broad SMARTS) is 1. The first-order valence-electron chi connectivity index (χ1n) is 6.21. The minimum Gasteiger partial charge on any atom is -0.478 e. The highest BCUT2D eigenvalue weighted by atomic mass is 16.5. The smallest absolute Gasteiger partial charge is 0.336 e. The molecule has 2 aromatic rings. The van der Waals surface area contributed by atoms with E-state index >= 15 is 0 Å². The maximum absolute atomic E-state index is 12.1. The molecule has 0 bridgehead atoms. The average molecular weight is 287 g/mol. The van der Waals surface area contributed by atoms with Gasteiger partial charge in [0.2, 0.25) is 0 Å². The summed E-state index contributed by atoms with van der Waals surface area (Å²) in [7, 11) is 3.11. The molecule has 21 heavy (non-hydrogen) atoms. The van der Waals surface area contributed by atoms with Crippen molar-refractivity contribution in [3.63, 3.8) is 0 Å². The van der Waals surface area contributed by atoms with Gasteiger partial charge in [-0.3, -0.25) is 4.79 Å². The second kappa shape index (κ2) is 7.94. The molecule has 5 nitrogen and oxygen atoms in total. The van der Waals surface area contributed by atoms with Crippen LogP contribution in [0.4, 0.5) is 0 Å². The van der Waals surface area contributed by atoms with Crippen LogP contribution in [0.3, 0.4) is 0 Å². The summed E-state index contributed by atoms with van der Waals surface area (Å²) >= 11 is 0. The lowest BCUT2D eigenvalue weighted by Crippen LogP contribution is -2.09. The van der Waals surface area contributed by atoms with E-state index in [4.69, 9.17) is 10.3 Å². The Balaban J connectivity index is 0.000000491. The number of ketones is 1. The molecule has 0 aliphatic rings. The Morgan fingerprint density at radius 1 is 0.857 bits per heavy atom. The third kappa shape index (κ3) is 5.18. The van der Waals surface area contributed by atoms with Gasteiger partial charge < -0.3 is 10.3 Å². The predicted octanol–water partition coefficient (Wildman–Crippen LogP) is 2.55. The molecule has 0 aliphatic carbocycles. The summed E-state index contributed by atoms with van der Waals surface area (Å²) in [5.74, 6) is -1.37. The third-order valence-electron chi connectivity index (χ3n) is 2.44. The minimum atomic E-state index is -1.09. The third-order valence-corrected chi connectivity index (χ3v) is 2.44. The quantitative estimate of drug-likeness (QED) is 0.670. The lowest BCUT2D eigenvalue weighted by molar-refractivity contribution is -0.0372. The number of carboxylic acids is 1. The first-order chi connectivity index (χ1) is 9.93. The first-order valence-corrected chi connectivity index (χ1v) is 6.21. The van der Waals surface area contributed by atoms with Crippen LogP contribution in [-0.4, -0.2) is 41.2 Å². The van der Waals surface area contributed by atoms with Crippen LogP contribution in [0.5, 0.6) is 0 Å². The molecule has 2 aromatic carbocycles. The summed E-state index contributed by atoms with van der Waals surface area (Å²) in [6, 6.07) is 14.8. The fourth-order valence-electron chi connectivity index (χ4n) is 1.61. The first kappa shape index (κ1) is 16.6. The average Bonchev–Trinajstić information content (AvgIpc) is 2.47. The van der Waals surface area contributed by atoms with Gasteiger partial charge in [0.05, 0.1) is 5.56 Å². The minimum absolute atomic E-state index is 0.0290. The normalized spacial score (nSPS) is 9.71. The molecule has 0 saturated carbocycles. The number of carbonyl (C=O) groups is 2. The highest BCUT2D eigenvalue weighted by molar-refractivity contribution is 6.14. The van der Waals surface area contributed by atoms with E-state index in [1.54, 1.807) is 56.6 Å². The number of hydroxylamine groups is 2. The number of carbonyl (C=O) groups excluding carboxylic acids is 1. The Bertz CT molecular complexity index is 606. The molecule has 0 heterocycles. The van der Waals surface area contributed by atoms with Gasteiger partial charge in [-0.15, -0.1) is 0 Å². The molecule has 0 amide bonds. The van der Waals surface area contributed by atoms with Crippen molar-refractivity contribution in [3.05, 3.63) is 71.3 Å². The van der Waals surface area contributed by atoms with Crippen molar-refractivity contribution < 1.29 is 19.9 Å². The van der Waals surface area contributed by atoms with E-state index < -0.39 is 5.97 Å². The second-order valence-corrected chi connectivity index (χ2v) is 4.39. The van der Waals surface area contributed by atoms with Crippen LogP contribution in [0.2, 0.25) is 0 Å². The molecule has 0 spiro atoms. The highest BCUT2D eigenvalue weighted by Crippen LogP contribution is 2.14. The SMILES string of the molecule is CN(C)O.O=C(O)c1ccccc1C(=O)c1ccccc1. The zero-order chi connectivity index (χ0) is 15.8. The molecule has 110 valence electrons. The van der Waals surface area contributed by atoms with Gasteiger partial charge in [-0.2, -0.15) is 5.06 Å². The van der Waals surface area contributed by atoms with Crippen LogP contribution < -0.4 is 0 Å². The molecule has 0 saturated heterocycles. The van der Waals surface area contributed by atoms with Gasteiger partial charge in [0, 0.05) is 25.2 Å². The van der Waals surface area contributed by atoms with E-state index in [0.717, 1.165) is 5.06 Å². The standard InChI is InChI=1S/C14H10O3.C2H7NO/c15-13(10-6-2-1-3-7-10)11-8-4-5-9-12(11)14(16)17;1-3(2)4/h1-9H,(H,16,17);4H,1-2H3. The maximum atomic E-state index is 12.1. The van der Waals surface area contributed by atoms with Crippen molar-refractivity contribution in [1.29, 1.82) is 0 Å². The van der Waals surface area contributed by atoms with Crippen LogP contribution in [-0.2, 0) is 0 Å². The van der Waals surface area contributed by atoms with Crippen LogP contribution in [0, 0.1) is 0 Å². The second-order valence-electron chi connectivity index (χ2n) is 4.39. The van der Waals surface area contributed by atoms with Crippen molar-refractivity contribution in [2.75, 3.05) is 14.1 Å². The number of hydrogen-bond donors (Lipinski definition) is 2. The number of rotatable bonds is 3.